The Bertz CT molecular complexity index is 758. The third kappa shape index (κ3) is 2.93. The fraction of sp³-hybridized carbons (Fsp3) is 0.471. The van der Waals surface area contributed by atoms with Crippen LogP contribution in [0.4, 0.5) is 0 Å². The van der Waals surface area contributed by atoms with Crippen molar-refractivity contribution in [2.24, 2.45) is 5.92 Å². The van der Waals surface area contributed by atoms with Gasteiger partial charge in [0.1, 0.15) is 0 Å². The molecule has 1 fully saturated rings. The van der Waals surface area contributed by atoms with Crippen molar-refractivity contribution in [3.05, 3.63) is 35.5 Å². The standard InChI is InChI=1S/C17H19N3O4/c1-10-19-20-15(24-10)8-11-5-6-12(7-11)18-17(21)13-3-2-4-14-16(13)23-9-22-14/h2-4,11-12H,5-9H2,1H3,(H,18,21)/t11-,12+/m1/s1. The second kappa shape index (κ2) is 6.14. The first kappa shape index (κ1) is 15.0. The SMILES string of the molecule is Cc1nnc(C[C@@H]2CC[C@H](NC(=O)c3cccc4c3OCO4)C2)o1. The van der Waals surface area contributed by atoms with E-state index in [0.717, 1.165) is 25.7 Å². The molecule has 7 nitrogen and oxygen atoms in total. The van der Waals surface area contributed by atoms with Crippen LogP contribution in [0.2, 0.25) is 0 Å². The van der Waals surface area contributed by atoms with Crippen LogP contribution in [0.15, 0.2) is 22.6 Å². The zero-order chi connectivity index (χ0) is 16.5. The molecule has 7 heteroatoms. The second-order valence-corrected chi connectivity index (χ2v) is 6.31. The predicted octanol–water partition coefficient (Wildman–Crippen LogP) is 2.25. The normalized spacial score (nSPS) is 21.9. The van der Waals surface area contributed by atoms with Crippen LogP contribution in [0, 0.1) is 12.8 Å². The minimum Gasteiger partial charge on any atom is -0.454 e. The van der Waals surface area contributed by atoms with Gasteiger partial charge in [-0.1, -0.05) is 6.07 Å². The first-order chi connectivity index (χ1) is 11.7. The number of carbonyl (C=O) groups excluding carboxylic acids is 1. The van der Waals surface area contributed by atoms with Gasteiger partial charge in [0.05, 0.1) is 5.56 Å². The second-order valence-electron chi connectivity index (χ2n) is 6.31. The topological polar surface area (TPSA) is 86.5 Å². The summed E-state index contributed by atoms with van der Waals surface area (Å²) < 4.78 is 16.2. The van der Waals surface area contributed by atoms with Gasteiger partial charge in [-0.3, -0.25) is 4.79 Å². The van der Waals surface area contributed by atoms with Crippen molar-refractivity contribution in [1.82, 2.24) is 15.5 Å². The molecule has 1 amide bonds. The summed E-state index contributed by atoms with van der Waals surface area (Å²) in [5, 5.41) is 11.0. The summed E-state index contributed by atoms with van der Waals surface area (Å²) in [7, 11) is 0. The third-order valence-electron chi connectivity index (χ3n) is 4.55. The molecule has 2 aliphatic rings. The van der Waals surface area contributed by atoms with E-state index in [2.05, 4.69) is 15.5 Å². The zero-order valence-corrected chi connectivity index (χ0v) is 13.4. The smallest absolute Gasteiger partial charge is 0.255 e. The average molecular weight is 329 g/mol. The highest BCUT2D eigenvalue weighted by Crippen LogP contribution is 2.36. The summed E-state index contributed by atoms with van der Waals surface area (Å²) in [5.41, 5.74) is 0.529. The molecular weight excluding hydrogens is 310 g/mol. The summed E-state index contributed by atoms with van der Waals surface area (Å²) in [4.78, 5) is 12.5. The number of aromatic nitrogens is 2. The van der Waals surface area contributed by atoms with Crippen LogP contribution in [0.5, 0.6) is 11.5 Å². The van der Waals surface area contributed by atoms with Crippen LogP contribution < -0.4 is 14.8 Å². The highest BCUT2D eigenvalue weighted by Gasteiger charge is 2.29. The number of carbonyl (C=O) groups is 1. The molecule has 2 heterocycles. The maximum absolute atomic E-state index is 12.5. The number of hydrogen-bond donors (Lipinski definition) is 1. The molecule has 126 valence electrons. The van der Waals surface area contributed by atoms with Crippen molar-refractivity contribution >= 4 is 5.91 Å². The summed E-state index contributed by atoms with van der Waals surface area (Å²) >= 11 is 0. The van der Waals surface area contributed by atoms with Crippen LogP contribution >= 0.6 is 0 Å². The number of para-hydroxylation sites is 1. The predicted molar refractivity (Wildman–Crippen MR) is 83.9 cm³/mol. The summed E-state index contributed by atoms with van der Waals surface area (Å²) in [6.07, 6.45) is 3.68. The first-order valence-corrected chi connectivity index (χ1v) is 8.17. The van der Waals surface area contributed by atoms with Gasteiger partial charge in [-0.05, 0) is 37.3 Å². The molecule has 1 aliphatic carbocycles. The number of benzene rings is 1. The van der Waals surface area contributed by atoms with E-state index >= 15 is 0 Å². The molecule has 4 rings (SSSR count). The molecule has 24 heavy (non-hydrogen) atoms. The van der Waals surface area contributed by atoms with Gasteiger partial charge in [0.25, 0.3) is 5.91 Å². The zero-order valence-electron chi connectivity index (χ0n) is 13.4. The fourth-order valence-electron chi connectivity index (χ4n) is 3.43. The molecule has 1 saturated carbocycles. The molecule has 0 bridgehead atoms. The minimum atomic E-state index is -0.114. The Labute approximate surface area is 139 Å². The summed E-state index contributed by atoms with van der Waals surface area (Å²) in [6.45, 7) is 1.95. The lowest BCUT2D eigenvalue weighted by Crippen LogP contribution is -2.33. The molecule has 0 radical (unpaired) electrons. The number of fused-ring (bicyclic) bond motifs is 1. The largest absolute Gasteiger partial charge is 0.454 e. The summed E-state index contributed by atoms with van der Waals surface area (Å²) in [6, 6.07) is 5.52. The lowest BCUT2D eigenvalue weighted by atomic mass is 10.0. The van der Waals surface area contributed by atoms with E-state index in [0.29, 0.717) is 34.8 Å². The Morgan fingerprint density at radius 3 is 3.04 bits per heavy atom. The number of hydrogen-bond acceptors (Lipinski definition) is 6. The first-order valence-electron chi connectivity index (χ1n) is 8.17. The molecule has 1 N–H and O–H groups in total. The van der Waals surface area contributed by atoms with Crippen LogP contribution in [0.1, 0.15) is 41.4 Å². The van der Waals surface area contributed by atoms with Crippen molar-refractivity contribution in [2.45, 2.75) is 38.6 Å². The Morgan fingerprint density at radius 2 is 2.21 bits per heavy atom. The van der Waals surface area contributed by atoms with E-state index in [1.165, 1.54) is 0 Å². The van der Waals surface area contributed by atoms with Gasteiger partial charge in [0.15, 0.2) is 11.5 Å². The average Bonchev–Trinajstić information content (AvgIpc) is 3.28. The van der Waals surface area contributed by atoms with Gasteiger partial charge in [0, 0.05) is 19.4 Å². The maximum Gasteiger partial charge on any atom is 0.255 e. The number of amides is 1. The molecule has 0 saturated heterocycles. The van der Waals surface area contributed by atoms with Crippen LogP contribution in [0.3, 0.4) is 0 Å². The van der Waals surface area contributed by atoms with Crippen molar-refractivity contribution < 1.29 is 18.7 Å². The van der Waals surface area contributed by atoms with Crippen molar-refractivity contribution in [2.75, 3.05) is 6.79 Å². The lowest BCUT2D eigenvalue weighted by molar-refractivity contribution is 0.0932. The van der Waals surface area contributed by atoms with Crippen LogP contribution in [-0.4, -0.2) is 28.9 Å². The lowest BCUT2D eigenvalue weighted by Gasteiger charge is -2.14. The minimum absolute atomic E-state index is 0.114. The van der Waals surface area contributed by atoms with E-state index < -0.39 is 0 Å². The van der Waals surface area contributed by atoms with Crippen LogP contribution in [0.25, 0.3) is 0 Å². The van der Waals surface area contributed by atoms with Crippen molar-refractivity contribution in [3.63, 3.8) is 0 Å². The Balaban J connectivity index is 1.36. The third-order valence-corrected chi connectivity index (χ3v) is 4.55. The Kier molecular flexibility index (Phi) is 3.84. The number of ether oxygens (including phenoxy) is 2. The van der Waals surface area contributed by atoms with E-state index in [1.54, 1.807) is 25.1 Å². The molecule has 0 spiro atoms. The Hall–Kier alpha value is -2.57. The molecule has 2 aromatic rings. The van der Waals surface area contributed by atoms with E-state index in [9.17, 15) is 4.79 Å². The fourth-order valence-corrected chi connectivity index (χ4v) is 3.43. The van der Waals surface area contributed by atoms with E-state index in [1.807, 2.05) is 0 Å². The monoisotopic (exact) mass is 329 g/mol. The van der Waals surface area contributed by atoms with E-state index in [4.69, 9.17) is 13.9 Å². The van der Waals surface area contributed by atoms with E-state index in [-0.39, 0.29) is 18.7 Å². The summed E-state index contributed by atoms with van der Waals surface area (Å²) in [5.74, 6) is 2.77. The van der Waals surface area contributed by atoms with Crippen molar-refractivity contribution in [3.8, 4) is 11.5 Å². The highest BCUT2D eigenvalue weighted by molar-refractivity contribution is 5.98. The number of rotatable bonds is 4. The van der Waals surface area contributed by atoms with Crippen LogP contribution in [-0.2, 0) is 6.42 Å². The van der Waals surface area contributed by atoms with Gasteiger partial charge < -0.3 is 19.2 Å². The highest BCUT2D eigenvalue weighted by atomic mass is 16.7. The molecular formula is C17H19N3O4. The van der Waals surface area contributed by atoms with Gasteiger partial charge in [-0.25, -0.2) is 0 Å². The molecule has 0 unspecified atom stereocenters. The molecule has 1 aromatic heterocycles. The van der Waals surface area contributed by atoms with Gasteiger partial charge in [0.2, 0.25) is 18.6 Å². The molecule has 1 aromatic carbocycles. The van der Waals surface area contributed by atoms with Gasteiger partial charge in [-0.2, -0.15) is 0 Å². The number of aryl methyl sites for hydroxylation is 1. The number of nitrogens with zero attached hydrogens (tertiary/aromatic N) is 2. The quantitative estimate of drug-likeness (QED) is 0.926. The van der Waals surface area contributed by atoms with Gasteiger partial charge >= 0.3 is 0 Å². The van der Waals surface area contributed by atoms with Gasteiger partial charge in [-0.15, -0.1) is 10.2 Å². The molecule has 1 aliphatic heterocycles. The van der Waals surface area contributed by atoms with Crippen molar-refractivity contribution in [1.29, 1.82) is 0 Å². The Morgan fingerprint density at radius 1 is 1.29 bits per heavy atom. The number of nitrogens with one attached hydrogen (secondary N) is 1. The maximum atomic E-state index is 12.5. The molecule has 2 atom stereocenters.